The lowest BCUT2D eigenvalue weighted by atomic mass is 9.41. The monoisotopic (exact) mass is 516 g/mol. The number of hydrogen-bond donors (Lipinski definition) is 3. The van der Waals surface area contributed by atoms with Crippen LogP contribution in [0.25, 0.3) is 0 Å². The molecule has 5 rings (SSSR count). The second-order valence-electron chi connectivity index (χ2n) is 14.7. The zero-order valence-corrected chi connectivity index (χ0v) is 23.7. The van der Waals surface area contributed by atoms with Crippen LogP contribution in [0.15, 0.2) is 11.6 Å². The number of allylic oxidation sites excluding steroid dienone is 2. The molecule has 208 valence electrons. The van der Waals surface area contributed by atoms with Crippen molar-refractivity contribution in [1.29, 1.82) is 0 Å². The molecule has 5 aliphatic carbocycles. The highest BCUT2D eigenvalue weighted by Crippen LogP contribution is 2.70. The lowest BCUT2D eigenvalue weighted by Gasteiger charge is -2.63. The highest BCUT2D eigenvalue weighted by atomic mass is 16.5. The molecule has 11 atom stereocenters. The smallest absolute Gasteiger partial charge is 0.314 e. The molecule has 0 radical (unpaired) electrons. The maximum Gasteiger partial charge on any atom is 0.314 e. The summed E-state index contributed by atoms with van der Waals surface area (Å²) >= 11 is 0. The fourth-order valence-corrected chi connectivity index (χ4v) is 11.1. The molecule has 0 heterocycles. The number of rotatable bonds is 2. The number of carbonyl (C=O) groups excluding carboxylic acids is 2. The Bertz CT molecular complexity index is 1010. The molecule has 0 aliphatic heterocycles. The number of fused-ring (bicyclic) bond motifs is 6. The van der Waals surface area contributed by atoms with Crippen LogP contribution in [0.1, 0.15) is 92.4 Å². The van der Waals surface area contributed by atoms with E-state index < -0.39 is 23.0 Å². The molecule has 0 aromatic heterocycles. The Morgan fingerprint density at radius 1 is 0.919 bits per heavy atom. The van der Waals surface area contributed by atoms with E-state index >= 15 is 0 Å². The lowest BCUT2D eigenvalue weighted by molar-refractivity contribution is -0.202. The minimum absolute atomic E-state index is 0.0170. The Kier molecular flexibility index (Phi) is 6.37. The van der Waals surface area contributed by atoms with E-state index in [4.69, 9.17) is 4.74 Å². The quantitative estimate of drug-likeness (QED) is 0.469. The first-order valence-corrected chi connectivity index (χ1v) is 14.5. The van der Waals surface area contributed by atoms with Gasteiger partial charge in [-0.15, -0.1) is 0 Å². The first-order chi connectivity index (χ1) is 17.2. The molecule has 0 spiro atoms. The highest BCUT2D eigenvalue weighted by molar-refractivity contribution is 5.95. The van der Waals surface area contributed by atoms with Gasteiger partial charge in [0.1, 0.15) is 0 Å². The van der Waals surface area contributed by atoms with Gasteiger partial charge in [0.05, 0.1) is 31.3 Å². The Labute approximate surface area is 222 Å². The third-order valence-corrected chi connectivity index (χ3v) is 13.0. The topological polar surface area (TPSA) is 104 Å². The zero-order valence-electron chi connectivity index (χ0n) is 23.7. The maximum absolute atomic E-state index is 13.7. The van der Waals surface area contributed by atoms with Crippen LogP contribution in [0.4, 0.5) is 0 Å². The van der Waals surface area contributed by atoms with Gasteiger partial charge in [-0.3, -0.25) is 9.59 Å². The van der Waals surface area contributed by atoms with Crippen molar-refractivity contribution in [1.82, 2.24) is 0 Å². The minimum atomic E-state index is -0.906. The molecule has 3 N–H and O–H groups in total. The van der Waals surface area contributed by atoms with Crippen LogP contribution in [0, 0.1) is 50.7 Å². The zero-order chi connectivity index (χ0) is 27.2. The molecule has 37 heavy (non-hydrogen) atoms. The van der Waals surface area contributed by atoms with Gasteiger partial charge in [-0.05, 0) is 105 Å². The van der Waals surface area contributed by atoms with Gasteiger partial charge in [-0.1, -0.05) is 33.3 Å². The van der Waals surface area contributed by atoms with Crippen molar-refractivity contribution >= 4 is 11.8 Å². The molecule has 0 bridgehead atoms. The van der Waals surface area contributed by atoms with Crippen LogP contribution in [-0.4, -0.2) is 53.0 Å². The molecule has 0 aromatic carbocycles. The number of methoxy groups -OCH3 is 1. The Morgan fingerprint density at radius 3 is 2.22 bits per heavy atom. The van der Waals surface area contributed by atoms with Gasteiger partial charge in [-0.2, -0.15) is 0 Å². The van der Waals surface area contributed by atoms with Crippen LogP contribution in [0.2, 0.25) is 0 Å². The normalized spacial score (nSPS) is 53.5. The van der Waals surface area contributed by atoms with E-state index in [1.54, 1.807) is 0 Å². The molecule has 5 aliphatic rings. The number of carbonyl (C=O) groups is 2. The molecule has 6 nitrogen and oxygen atoms in total. The minimum Gasteiger partial charge on any atom is -0.469 e. The van der Waals surface area contributed by atoms with Crippen molar-refractivity contribution in [3.05, 3.63) is 11.6 Å². The van der Waals surface area contributed by atoms with E-state index in [1.807, 2.05) is 19.9 Å². The average Bonchev–Trinajstić information content (AvgIpc) is 3.00. The number of ether oxygens (including phenoxy) is 1. The summed E-state index contributed by atoms with van der Waals surface area (Å²) in [6.45, 7) is 10.6. The van der Waals surface area contributed by atoms with Gasteiger partial charge in [0.25, 0.3) is 0 Å². The van der Waals surface area contributed by atoms with Gasteiger partial charge in [0.15, 0.2) is 5.78 Å². The summed E-state index contributed by atoms with van der Waals surface area (Å²) in [5.41, 5.74) is -0.839. The molecule has 0 amide bonds. The summed E-state index contributed by atoms with van der Waals surface area (Å²) in [7, 11) is 1.43. The lowest BCUT2D eigenvalue weighted by Crippen LogP contribution is -2.61. The third-order valence-electron chi connectivity index (χ3n) is 13.0. The van der Waals surface area contributed by atoms with Crippen molar-refractivity contribution in [2.75, 3.05) is 13.7 Å². The van der Waals surface area contributed by atoms with Crippen molar-refractivity contribution in [3.63, 3.8) is 0 Å². The van der Waals surface area contributed by atoms with Crippen molar-refractivity contribution in [2.24, 2.45) is 50.7 Å². The fraction of sp³-hybridized carbons (Fsp3) is 0.871. The van der Waals surface area contributed by atoms with Crippen LogP contribution >= 0.6 is 0 Å². The molecular weight excluding hydrogens is 468 g/mol. The second-order valence-corrected chi connectivity index (χ2v) is 14.7. The third kappa shape index (κ3) is 3.47. The van der Waals surface area contributed by atoms with Gasteiger partial charge in [0, 0.05) is 11.3 Å². The molecule has 6 heteroatoms. The summed E-state index contributed by atoms with van der Waals surface area (Å²) in [4.78, 5) is 26.8. The van der Waals surface area contributed by atoms with Crippen molar-refractivity contribution in [3.8, 4) is 0 Å². The molecule has 4 fully saturated rings. The number of hydrogen-bond acceptors (Lipinski definition) is 6. The first kappa shape index (κ1) is 27.3. The van der Waals surface area contributed by atoms with E-state index in [2.05, 4.69) is 20.8 Å². The van der Waals surface area contributed by atoms with Crippen molar-refractivity contribution in [2.45, 2.75) is 105 Å². The number of aliphatic hydroxyl groups is 3. The van der Waals surface area contributed by atoms with Crippen LogP contribution in [0.5, 0.6) is 0 Å². The fourth-order valence-electron chi connectivity index (χ4n) is 11.1. The van der Waals surface area contributed by atoms with E-state index in [0.717, 1.165) is 44.9 Å². The second kappa shape index (κ2) is 8.63. The molecule has 0 saturated heterocycles. The summed E-state index contributed by atoms with van der Waals surface area (Å²) in [5, 5.41) is 32.3. The predicted octanol–water partition coefficient (Wildman–Crippen LogP) is 4.44. The highest BCUT2D eigenvalue weighted by Gasteiger charge is 2.67. The van der Waals surface area contributed by atoms with E-state index in [-0.39, 0.29) is 52.4 Å². The first-order valence-electron chi connectivity index (χ1n) is 14.5. The molecule has 0 unspecified atom stereocenters. The van der Waals surface area contributed by atoms with Crippen LogP contribution < -0.4 is 0 Å². The van der Waals surface area contributed by atoms with Crippen LogP contribution in [-0.2, 0) is 14.3 Å². The summed E-state index contributed by atoms with van der Waals surface area (Å²) in [5.74, 6) is 0.0677. The standard InChI is InChI=1S/C31H48O6/c1-27-12-9-22-29(3,14-11-24(35)31(22,5)26(36)37-6)21(27)8-7-19-18(16-27)15-20(33)25-28(19,2)13-10-23(34)30(25,4)17-32/h15,19,21-25,32,34-35H,7-14,16-17H2,1-6H3/t19-,21-,22+,23+,24+,25-,27-,28+,29+,30-,31+/m0/s1. The number of ketones is 1. The maximum atomic E-state index is 13.7. The van der Waals surface area contributed by atoms with Crippen LogP contribution in [0.3, 0.4) is 0 Å². The number of aliphatic hydroxyl groups excluding tert-OH is 3. The van der Waals surface area contributed by atoms with E-state index in [9.17, 15) is 24.9 Å². The van der Waals surface area contributed by atoms with Gasteiger partial charge in [-0.25, -0.2) is 0 Å². The molecule has 0 aromatic rings. The molecular formula is C31H48O6. The summed E-state index contributed by atoms with van der Waals surface area (Å²) in [6.07, 6.45) is 8.12. The van der Waals surface area contributed by atoms with Crippen molar-refractivity contribution < 1.29 is 29.6 Å². The largest absolute Gasteiger partial charge is 0.469 e. The van der Waals surface area contributed by atoms with Gasteiger partial charge < -0.3 is 20.1 Å². The average molecular weight is 517 g/mol. The van der Waals surface area contributed by atoms with E-state index in [0.29, 0.717) is 18.8 Å². The van der Waals surface area contributed by atoms with Gasteiger partial charge >= 0.3 is 5.97 Å². The number of esters is 1. The molecule has 4 saturated carbocycles. The Morgan fingerprint density at radius 2 is 1.57 bits per heavy atom. The Balaban J connectivity index is 1.54. The Hall–Kier alpha value is -1.24. The summed E-state index contributed by atoms with van der Waals surface area (Å²) < 4.78 is 5.26. The van der Waals surface area contributed by atoms with E-state index in [1.165, 1.54) is 12.7 Å². The predicted molar refractivity (Wildman–Crippen MR) is 140 cm³/mol. The SMILES string of the molecule is COC(=O)[C@@]1(C)[C@H](O)CC[C@@]2(C)[C@H]1CC[C@@]1(C)CC3=CC(=O)[C@H]4[C@](C)(CC[C@@H](O)[C@]4(C)CO)[C@H]3CC[C@@H]12. The van der Waals surface area contributed by atoms with Gasteiger partial charge in [0.2, 0.25) is 0 Å². The summed E-state index contributed by atoms with van der Waals surface area (Å²) in [6, 6.07) is 0.